The topological polar surface area (TPSA) is 85.4 Å². The van der Waals surface area contributed by atoms with Crippen molar-refractivity contribution in [1.82, 2.24) is 19.9 Å². The highest BCUT2D eigenvalue weighted by atomic mass is 127. The number of phenolic OH excluding ortho intramolecular Hbond substituents is 1. The monoisotopic (exact) mass is 491 g/mol. The largest absolute Gasteiger partial charge is 0.507 e. The van der Waals surface area contributed by atoms with Gasteiger partial charge in [0.1, 0.15) is 11.4 Å². The highest BCUT2D eigenvalue weighted by molar-refractivity contribution is 14.1. The van der Waals surface area contributed by atoms with Crippen LogP contribution in [-0.2, 0) is 0 Å². The second-order valence-corrected chi connectivity index (χ2v) is 8.46. The number of phenols is 1. The first-order valence-electron chi connectivity index (χ1n) is 9.31. The minimum Gasteiger partial charge on any atom is -0.507 e. The van der Waals surface area contributed by atoms with Crippen LogP contribution in [0.25, 0.3) is 22.2 Å². The number of aromatic amines is 1. The van der Waals surface area contributed by atoms with Crippen molar-refractivity contribution in [3.8, 4) is 16.9 Å². The Morgan fingerprint density at radius 3 is 2.79 bits per heavy atom. The van der Waals surface area contributed by atoms with Crippen molar-refractivity contribution in [2.75, 3.05) is 29.8 Å². The normalized spacial score (nSPS) is 15.8. The van der Waals surface area contributed by atoms with Crippen molar-refractivity contribution in [3.63, 3.8) is 0 Å². The molecule has 1 saturated heterocycles. The summed E-state index contributed by atoms with van der Waals surface area (Å²) in [5, 5.41) is 10.8. The second kappa shape index (κ2) is 8.04. The summed E-state index contributed by atoms with van der Waals surface area (Å²) in [4.78, 5) is 26.8. The first-order valence-corrected chi connectivity index (χ1v) is 10.3. The highest BCUT2D eigenvalue weighted by Crippen LogP contribution is 2.28. The first kappa shape index (κ1) is 19.1. The third kappa shape index (κ3) is 3.97. The van der Waals surface area contributed by atoms with E-state index in [1.165, 1.54) is 12.8 Å². The number of pyridine rings is 1. The van der Waals surface area contributed by atoms with Gasteiger partial charge in [0.05, 0.1) is 28.4 Å². The number of piperidine rings is 1. The number of hydrogen-bond donors (Lipinski definition) is 2. The maximum atomic E-state index is 12.6. The van der Waals surface area contributed by atoms with E-state index in [-0.39, 0.29) is 11.3 Å². The van der Waals surface area contributed by atoms with E-state index < -0.39 is 0 Å². The Hall–Kier alpha value is -2.20. The van der Waals surface area contributed by atoms with Crippen LogP contribution >= 0.6 is 22.9 Å². The molecular weight excluding hydrogens is 469 g/mol. The van der Waals surface area contributed by atoms with Gasteiger partial charge in [0.15, 0.2) is 0 Å². The molecule has 0 spiro atoms. The maximum absolute atomic E-state index is 12.6. The van der Waals surface area contributed by atoms with Crippen LogP contribution in [0, 0.1) is 5.92 Å². The van der Waals surface area contributed by atoms with Gasteiger partial charge in [-0.1, -0.05) is 18.2 Å². The number of halogens is 1. The SMILES string of the molecule is CN1CCC(CN(I)c2ncc3cc(-c4ccccc4O)c(=O)[nH]c3n2)CC1. The van der Waals surface area contributed by atoms with Crippen LogP contribution in [-0.4, -0.2) is 51.6 Å². The van der Waals surface area contributed by atoms with Gasteiger partial charge in [0.2, 0.25) is 5.95 Å². The number of H-pyrrole nitrogens is 1. The minimum absolute atomic E-state index is 0.0708. The molecule has 1 aliphatic rings. The summed E-state index contributed by atoms with van der Waals surface area (Å²) in [5.41, 5.74) is 1.11. The van der Waals surface area contributed by atoms with Crippen LogP contribution in [0.5, 0.6) is 5.75 Å². The van der Waals surface area contributed by atoms with Gasteiger partial charge in [-0.25, -0.2) is 4.98 Å². The third-order valence-corrected chi connectivity index (χ3v) is 6.07. The number of rotatable bonds is 4. The van der Waals surface area contributed by atoms with Crippen molar-refractivity contribution < 1.29 is 5.11 Å². The zero-order chi connectivity index (χ0) is 19.7. The summed E-state index contributed by atoms with van der Waals surface area (Å²) in [6, 6.07) is 8.52. The second-order valence-electron chi connectivity index (χ2n) is 7.29. The number of anilines is 1. The Balaban J connectivity index is 1.60. The molecule has 0 aliphatic carbocycles. The van der Waals surface area contributed by atoms with Crippen LogP contribution in [0.15, 0.2) is 41.3 Å². The molecule has 2 aromatic heterocycles. The number of aromatic nitrogens is 3. The molecule has 4 rings (SSSR count). The van der Waals surface area contributed by atoms with E-state index >= 15 is 0 Å². The zero-order valence-corrected chi connectivity index (χ0v) is 17.8. The molecule has 1 fully saturated rings. The lowest BCUT2D eigenvalue weighted by molar-refractivity contribution is 0.224. The first-order chi connectivity index (χ1) is 13.5. The predicted octanol–water partition coefficient (Wildman–Crippen LogP) is 3.19. The number of hydrogen-bond acceptors (Lipinski definition) is 6. The van der Waals surface area contributed by atoms with Gasteiger partial charge in [0, 0.05) is 23.7 Å². The molecule has 0 unspecified atom stereocenters. The van der Waals surface area contributed by atoms with Gasteiger partial charge in [-0.2, -0.15) is 4.98 Å². The quantitative estimate of drug-likeness (QED) is 0.431. The molecule has 28 heavy (non-hydrogen) atoms. The van der Waals surface area contributed by atoms with Crippen LogP contribution in [0.1, 0.15) is 12.8 Å². The molecule has 0 amide bonds. The fraction of sp³-hybridized carbons (Fsp3) is 0.350. The number of aromatic hydroxyl groups is 1. The summed E-state index contributed by atoms with van der Waals surface area (Å²) < 4.78 is 2.03. The van der Waals surface area contributed by atoms with Crippen molar-refractivity contribution >= 4 is 39.8 Å². The molecule has 0 bridgehead atoms. The van der Waals surface area contributed by atoms with E-state index in [4.69, 9.17) is 0 Å². The summed E-state index contributed by atoms with van der Waals surface area (Å²) in [5.74, 6) is 1.29. The number of fused-ring (bicyclic) bond motifs is 1. The predicted molar refractivity (Wildman–Crippen MR) is 119 cm³/mol. The molecule has 8 heteroatoms. The lowest BCUT2D eigenvalue weighted by Crippen LogP contribution is -2.34. The number of likely N-dealkylation sites (tertiary alicyclic amines) is 1. The van der Waals surface area contributed by atoms with Crippen LogP contribution in [0.4, 0.5) is 5.95 Å². The number of para-hydroxylation sites is 1. The number of benzene rings is 1. The molecule has 7 nitrogen and oxygen atoms in total. The fourth-order valence-electron chi connectivity index (χ4n) is 3.55. The van der Waals surface area contributed by atoms with Crippen LogP contribution in [0.2, 0.25) is 0 Å². The Morgan fingerprint density at radius 1 is 1.29 bits per heavy atom. The van der Waals surface area contributed by atoms with Gasteiger partial charge >= 0.3 is 0 Å². The van der Waals surface area contributed by atoms with Crippen molar-refractivity contribution in [2.45, 2.75) is 12.8 Å². The lowest BCUT2D eigenvalue weighted by Gasteiger charge is -2.30. The average molecular weight is 491 g/mol. The average Bonchev–Trinajstić information content (AvgIpc) is 2.69. The molecule has 1 aliphatic heterocycles. The van der Waals surface area contributed by atoms with E-state index in [0.717, 1.165) is 25.0 Å². The molecule has 146 valence electrons. The van der Waals surface area contributed by atoms with E-state index in [0.29, 0.717) is 28.6 Å². The van der Waals surface area contributed by atoms with E-state index in [1.807, 2.05) is 3.11 Å². The molecular formula is C20H22IN5O2. The Bertz CT molecular complexity index is 1050. The molecule has 2 N–H and O–H groups in total. The summed E-state index contributed by atoms with van der Waals surface area (Å²) in [6.45, 7) is 3.13. The molecule has 1 aromatic carbocycles. The van der Waals surface area contributed by atoms with Gasteiger partial charge in [0.25, 0.3) is 5.56 Å². The molecule has 0 saturated carbocycles. The van der Waals surface area contributed by atoms with E-state index in [1.54, 1.807) is 36.5 Å². The van der Waals surface area contributed by atoms with Gasteiger partial charge in [-0.05, 0) is 51.0 Å². The Labute approximate surface area is 176 Å². The highest BCUT2D eigenvalue weighted by Gasteiger charge is 2.20. The van der Waals surface area contributed by atoms with Crippen molar-refractivity contribution in [2.24, 2.45) is 5.92 Å². The fourth-order valence-corrected chi connectivity index (χ4v) is 4.34. The standard InChI is InChI=1S/C20H22IN5O2/c1-25-8-6-13(7-9-25)12-26(21)20-22-11-14-10-16(19(28)23-18(14)24-20)15-4-2-3-5-17(15)27/h2-5,10-11,13,27H,6-9,12H2,1H3,(H,22,23,24,28). The minimum atomic E-state index is -0.283. The molecule has 3 heterocycles. The maximum Gasteiger partial charge on any atom is 0.257 e. The Morgan fingerprint density at radius 2 is 2.04 bits per heavy atom. The molecule has 0 radical (unpaired) electrons. The number of nitrogens with one attached hydrogen (secondary N) is 1. The smallest absolute Gasteiger partial charge is 0.257 e. The van der Waals surface area contributed by atoms with Crippen molar-refractivity contribution in [3.05, 3.63) is 46.9 Å². The van der Waals surface area contributed by atoms with Gasteiger partial charge in [-0.15, -0.1) is 0 Å². The van der Waals surface area contributed by atoms with E-state index in [9.17, 15) is 9.90 Å². The molecule has 3 aromatic rings. The third-order valence-electron chi connectivity index (χ3n) is 5.25. The lowest BCUT2D eigenvalue weighted by atomic mass is 9.97. The summed E-state index contributed by atoms with van der Waals surface area (Å²) in [6.07, 6.45) is 4.06. The zero-order valence-electron chi connectivity index (χ0n) is 15.6. The van der Waals surface area contributed by atoms with Crippen LogP contribution in [0.3, 0.4) is 0 Å². The number of nitrogens with zero attached hydrogens (tertiary/aromatic N) is 4. The summed E-state index contributed by atoms with van der Waals surface area (Å²) >= 11 is 2.25. The van der Waals surface area contributed by atoms with Crippen LogP contribution < -0.4 is 8.67 Å². The Kier molecular flexibility index (Phi) is 5.49. The van der Waals surface area contributed by atoms with Gasteiger partial charge < -0.3 is 15.0 Å². The summed E-state index contributed by atoms with van der Waals surface area (Å²) in [7, 11) is 2.16. The van der Waals surface area contributed by atoms with Crippen molar-refractivity contribution in [1.29, 1.82) is 0 Å². The van der Waals surface area contributed by atoms with Gasteiger partial charge in [-0.3, -0.25) is 7.91 Å². The molecule has 0 atom stereocenters. The van der Waals surface area contributed by atoms with E-state index in [2.05, 4.69) is 49.8 Å².